The summed E-state index contributed by atoms with van der Waals surface area (Å²) >= 11 is 0. The van der Waals surface area contributed by atoms with Crippen molar-refractivity contribution in [2.45, 2.75) is 64.8 Å². The molecule has 156 valence electrons. The van der Waals surface area contributed by atoms with Gasteiger partial charge < -0.3 is 10.6 Å². The minimum absolute atomic E-state index is 0. The van der Waals surface area contributed by atoms with Crippen molar-refractivity contribution in [1.29, 1.82) is 0 Å². The summed E-state index contributed by atoms with van der Waals surface area (Å²) < 4.78 is 22.6. The molecule has 4 N–H and O–H groups in total. The summed E-state index contributed by atoms with van der Waals surface area (Å²) in [7, 11) is -3.64. The average molecular weight is 510 g/mol. The molecule has 0 aromatic heterocycles. The highest BCUT2D eigenvalue weighted by atomic mass is 127. The number of nitrogens with zero attached hydrogens (tertiary/aromatic N) is 1. The first kappa shape index (κ1) is 26.1. The predicted octanol–water partition coefficient (Wildman–Crippen LogP) is 3.26. The van der Waals surface area contributed by atoms with E-state index in [1.807, 2.05) is 6.92 Å². The zero-order valence-electron chi connectivity index (χ0n) is 17.1. The minimum Gasteiger partial charge on any atom is -0.357 e. The Hall–Kier alpha value is -0.870. The van der Waals surface area contributed by atoms with Gasteiger partial charge in [0.25, 0.3) is 0 Å². The van der Waals surface area contributed by atoms with Crippen molar-refractivity contribution < 1.29 is 8.42 Å². The van der Waals surface area contributed by atoms with Gasteiger partial charge in [-0.15, -0.1) is 24.0 Å². The Labute approximate surface area is 181 Å². The summed E-state index contributed by atoms with van der Waals surface area (Å²) in [4.78, 5) is 4.75. The van der Waals surface area contributed by atoms with E-state index in [4.69, 9.17) is 5.14 Å². The van der Waals surface area contributed by atoms with Crippen LogP contribution in [0, 0.1) is 5.41 Å². The van der Waals surface area contributed by atoms with Gasteiger partial charge in [-0.05, 0) is 56.2 Å². The van der Waals surface area contributed by atoms with Gasteiger partial charge in [0.05, 0.1) is 4.90 Å². The molecule has 1 rings (SSSR count). The molecule has 0 heterocycles. The van der Waals surface area contributed by atoms with Crippen LogP contribution in [0.1, 0.15) is 53.0 Å². The molecule has 0 aliphatic rings. The van der Waals surface area contributed by atoms with E-state index in [0.717, 1.165) is 37.3 Å². The van der Waals surface area contributed by atoms with Crippen LogP contribution in [0.2, 0.25) is 0 Å². The highest BCUT2D eigenvalue weighted by Gasteiger charge is 2.13. The fourth-order valence-corrected chi connectivity index (χ4v) is 2.93. The third-order valence-electron chi connectivity index (χ3n) is 3.98. The summed E-state index contributed by atoms with van der Waals surface area (Å²) in [6.45, 7) is 12.4. The van der Waals surface area contributed by atoms with Crippen LogP contribution in [0.3, 0.4) is 0 Å². The van der Waals surface area contributed by atoms with Gasteiger partial charge in [0, 0.05) is 19.1 Å². The van der Waals surface area contributed by atoms with Crippen LogP contribution in [0.15, 0.2) is 34.2 Å². The van der Waals surface area contributed by atoms with Crippen molar-refractivity contribution in [1.82, 2.24) is 10.6 Å². The lowest BCUT2D eigenvalue weighted by Gasteiger charge is -2.23. The van der Waals surface area contributed by atoms with E-state index in [1.165, 1.54) is 12.1 Å². The van der Waals surface area contributed by atoms with Gasteiger partial charge in [-0.1, -0.05) is 32.9 Å². The van der Waals surface area contributed by atoms with E-state index in [1.54, 1.807) is 12.1 Å². The second-order valence-electron chi connectivity index (χ2n) is 7.84. The molecule has 0 saturated carbocycles. The molecular weight excluding hydrogens is 475 g/mol. The summed E-state index contributed by atoms with van der Waals surface area (Å²) in [5.41, 5.74) is 1.35. The lowest BCUT2D eigenvalue weighted by molar-refractivity contribution is 0.346. The molecule has 0 aliphatic heterocycles. The van der Waals surface area contributed by atoms with Crippen molar-refractivity contribution in [3.05, 3.63) is 29.8 Å². The van der Waals surface area contributed by atoms with E-state index in [9.17, 15) is 8.42 Å². The van der Waals surface area contributed by atoms with Crippen LogP contribution in [0.4, 0.5) is 0 Å². The van der Waals surface area contributed by atoms with Crippen molar-refractivity contribution in [2.75, 3.05) is 13.1 Å². The molecule has 0 saturated heterocycles. The van der Waals surface area contributed by atoms with E-state index in [-0.39, 0.29) is 28.9 Å². The fourth-order valence-electron chi connectivity index (χ4n) is 2.42. The predicted molar refractivity (Wildman–Crippen MR) is 124 cm³/mol. The lowest BCUT2D eigenvalue weighted by Crippen LogP contribution is -2.42. The van der Waals surface area contributed by atoms with Gasteiger partial charge in [0.2, 0.25) is 10.0 Å². The van der Waals surface area contributed by atoms with Crippen LogP contribution in [-0.2, 0) is 16.4 Å². The molecule has 6 nitrogen and oxygen atoms in total. The maximum atomic E-state index is 11.3. The Bertz CT molecular complexity index is 683. The van der Waals surface area contributed by atoms with Crippen LogP contribution < -0.4 is 15.8 Å². The molecule has 0 spiro atoms. The largest absolute Gasteiger partial charge is 0.357 e. The Balaban J connectivity index is 0.00000676. The highest BCUT2D eigenvalue weighted by molar-refractivity contribution is 14.0. The smallest absolute Gasteiger partial charge is 0.238 e. The Morgan fingerprint density at radius 1 is 1.22 bits per heavy atom. The van der Waals surface area contributed by atoms with Crippen molar-refractivity contribution in [3.63, 3.8) is 0 Å². The molecule has 1 aromatic carbocycles. The highest BCUT2D eigenvalue weighted by Crippen LogP contribution is 2.21. The first-order valence-corrected chi connectivity index (χ1v) is 10.7. The number of nitrogens with two attached hydrogens (primary N) is 1. The first-order valence-electron chi connectivity index (χ1n) is 9.18. The molecule has 1 aromatic rings. The molecule has 27 heavy (non-hydrogen) atoms. The monoisotopic (exact) mass is 510 g/mol. The number of benzene rings is 1. The maximum Gasteiger partial charge on any atom is 0.238 e. The first-order chi connectivity index (χ1) is 12.0. The van der Waals surface area contributed by atoms with Crippen molar-refractivity contribution >= 4 is 40.0 Å². The van der Waals surface area contributed by atoms with Crippen LogP contribution in [0.25, 0.3) is 0 Å². The van der Waals surface area contributed by atoms with Crippen LogP contribution in [0.5, 0.6) is 0 Å². The number of primary sulfonamides is 1. The third-order valence-corrected chi connectivity index (χ3v) is 4.91. The second-order valence-corrected chi connectivity index (χ2v) is 9.41. The molecule has 1 atom stereocenters. The number of nitrogens with one attached hydrogen (secondary N) is 2. The zero-order valence-corrected chi connectivity index (χ0v) is 20.2. The summed E-state index contributed by atoms with van der Waals surface area (Å²) in [5, 5.41) is 11.8. The van der Waals surface area contributed by atoms with E-state index in [0.29, 0.717) is 18.0 Å². The van der Waals surface area contributed by atoms with E-state index >= 15 is 0 Å². The maximum absolute atomic E-state index is 11.3. The molecule has 0 bridgehead atoms. The van der Waals surface area contributed by atoms with Crippen molar-refractivity contribution in [3.8, 4) is 0 Å². The minimum atomic E-state index is -3.64. The number of rotatable bonds is 8. The molecular formula is C19H35IN4O2S. The number of aliphatic imine (C=N–C) groups is 1. The normalized spacial score (nSPS) is 13.6. The topological polar surface area (TPSA) is 96.6 Å². The summed E-state index contributed by atoms with van der Waals surface area (Å²) in [6, 6.07) is 6.98. The number of sulfonamides is 1. The van der Waals surface area contributed by atoms with Gasteiger partial charge in [0.1, 0.15) is 0 Å². The Morgan fingerprint density at radius 3 is 2.30 bits per heavy atom. The summed E-state index contributed by atoms with van der Waals surface area (Å²) in [6.07, 6.45) is 2.97. The zero-order chi connectivity index (χ0) is 19.8. The van der Waals surface area contributed by atoms with Gasteiger partial charge in [0.15, 0.2) is 5.96 Å². The van der Waals surface area contributed by atoms with E-state index in [2.05, 4.69) is 43.3 Å². The quantitative estimate of drug-likeness (QED) is 0.284. The average Bonchev–Trinajstić information content (AvgIpc) is 2.52. The standard InChI is InChI=1S/C19H34N4O2S.HI/c1-6-21-18(23-15(2)11-13-19(3,4)5)22-14-12-16-7-9-17(10-8-16)26(20,24)25;/h7-10,15H,6,11-14H2,1-5H3,(H2,20,24,25)(H2,21,22,23);1H. The third kappa shape index (κ3) is 11.5. The molecule has 0 radical (unpaired) electrons. The molecule has 0 fully saturated rings. The van der Waals surface area contributed by atoms with Gasteiger partial charge >= 0.3 is 0 Å². The lowest BCUT2D eigenvalue weighted by atomic mass is 9.89. The van der Waals surface area contributed by atoms with Crippen molar-refractivity contribution in [2.24, 2.45) is 15.5 Å². The van der Waals surface area contributed by atoms with Gasteiger partial charge in [-0.25, -0.2) is 13.6 Å². The molecule has 0 amide bonds. The van der Waals surface area contributed by atoms with Crippen LogP contribution in [-0.4, -0.2) is 33.5 Å². The fraction of sp³-hybridized carbons (Fsp3) is 0.632. The van der Waals surface area contributed by atoms with Gasteiger partial charge in [-0.3, -0.25) is 4.99 Å². The number of guanidine groups is 1. The van der Waals surface area contributed by atoms with E-state index < -0.39 is 10.0 Å². The van der Waals surface area contributed by atoms with Crippen LogP contribution >= 0.6 is 24.0 Å². The summed E-state index contributed by atoms with van der Waals surface area (Å²) in [5.74, 6) is 0.815. The molecule has 8 heteroatoms. The second kappa shape index (κ2) is 11.9. The Kier molecular flexibility index (Phi) is 11.5. The number of halogens is 1. The SMILES string of the molecule is CCNC(=NCCc1ccc(S(N)(=O)=O)cc1)NC(C)CCC(C)(C)C.I. The number of hydrogen-bond donors (Lipinski definition) is 3. The molecule has 1 unspecified atom stereocenters. The molecule has 0 aliphatic carbocycles. The Morgan fingerprint density at radius 2 is 1.81 bits per heavy atom. The van der Waals surface area contributed by atoms with Gasteiger partial charge in [-0.2, -0.15) is 0 Å². The number of hydrogen-bond acceptors (Lipinski definition) is 3.